The lowest BCUT2D eigenvalue weighted by Gasteiger charge is -2.73. The number of aliphatic hydroxyl groups is 1. The molecule has 64 heavy (non-hydrogen) atoms. The van der Waals surface area contributed by atoms with E-state index in [0.717, 1.165) is 74.9 Å². The van der Waals surface area contributed by atoms with Crippen LogP contribution in [0.15, 0.2) is 48.6 Å². The zero-order valence-electron chi connectivity index (χ0n) is 40.0. The molecular formula is C56H72N2O6. The molecule has 16 rings (SSSR count). The maximum absolute atomic E-state index is 13.0. The SMILES string of the molecule is CO[C@]12C=C[C@@]3(C[C@@H]1C(C)=O)[C@H]1Cc4ccc(C)c5c4[C@@]3(CCN1CC1CC1)[C@H]2O5.CO[C@]12C=C[C@@]3(C[C@@H]1[C@](C)(O)C(C)(C)C)[C@H]1Cc4ccc(C)c5c4[C@@]3(CCN1CC1CC1)[C@H]2O5. The number of hydrogen-bond acceptors (Lipinski definition) is 8. The van der Waals surface area contributed by atoms with E-state index in [2.05, 4.69) is 99.9 Å². The molecule has 0 amide bonds. The molecule has 8 nitrogen and oxygen atoms in total. The molecule has 0 unspecified atom stereocenters. The predicted octanol–water partition coefficient (Wildman–Crippen LogP) is 8.38. The van der Waals surface area contributed by atoms with E-state index in [0.29, 0.717) is 12.1 Å². The van der Waals surface area contributed by atoms with Gasteiger partial charge in [-0.25, -0.2) is 0 Å². The summed E-state index contributed by atoms with van der Waals surface area (Å²) in [6.45, 7) is 19.4. The highest BCUT2D eigenvalue weighted by Gasteiger charge is 2.82. The van der Waals surface area contributed by atoms with Crippen LogP contribution in [0.1, 0.15) is 119 Å². The Kier molecular flexibility index (Phi) is 8.20. The predicted molar refractivity (Wildman–Crippen MR) is 247 cm³/mol. The van der Waals surface area contributed by atoms with E-state index < -0.39 is 16.8 Å². The number of likely N-dealkylation sites (tertiary alicyclic amines) is 2. The smallest absolute Gasteiger partial charge is 0.143 e. The van der Waals surface area contributed by atoms with Gasteiger partial charge in [-0.05, 0) is 144 Å². The van der Waals surface area contributed by atoms with E-state index in [1.165, 1.54) is 72.2 Å². The van der Waals surface area contributed by atoms with Crippen molar-refractivity contribution in [3.8, 4) is 11.5 Å². The Hall–Kier alpha value is -3.01. The lowest BCUT2D eigenvalue weighted by molar-refractivity contribution is -0.263. The van der Waals surface area contributed by atoms with Gasteiger partial charge < -0.3 is 24.1 Å². The fourth-order valence-corrected chi connectivity index (χ4v) is 17.5. The van der Waals surface area contributed by atoms with Crippen molar-refractivity contribution in [2.24, 2.45) is 39.9 Å². The van der Waals surface area contributed by atoms with Gasteiger partial charge in [-0.3, -0.25) is 14.6 Å². The Labute approximate surface area is 381 Å². The maximum atomic E-state index is 13.0. The maximum Gasteiger partial charge on any atom is 0.143 e. The van der Waals surface area contributed by atoms with Crippen molar-refractivity contribution in [1.29, 1.82) is 0 Å². The average Bonchev–Trinajstić information content (AvgIpc) is 4.20. The van der Waals surface area contributed by atoms with Crippen LogP contribution in [0.25, 0.3) is 0 Å². The number of benzene rings is 2. The minimum Gasteiger partial charge on any atom is -0.485 e. The third kappa shape index (κ3) is 4.59. The highest BCUT2D eigenvalue weighted by molar-refractivity contribution is 5.82. The van der Waals surface area contributed by atoms with Crippen molar-refractivity contribution in [2.45, 2.75) is 165 Å². The van der Waals surface area contributed by atoms with Gasteiger partial charge >= 0.3 is 0 Å². The first-order valence-corrected chi connectivity index (χ1v) is 25.3. The average molecular weight is 869 g/mol. The van der Waals surface area contributed by atoms with Gasteiger partial charge in [-0.1, -0.05) is 69.3 Å². The molecule has 2 aromatic rings. The Morgan fingerprint density at radius 1 is 0.719 bits per heavy atom. The summed E-state index contributed by atoms with van der Waals surface area (Å²) in [7, 11) is 3.62. The number of hydrogen-bond donors (Lipinski definition) is 1. The van der Waals surface area contributed by atoms with Crippen LogP contribution >= 0.6 is 0 Å². The molecule has 8 bridgehead atoms. The minimum atomic E-state index is -0.897. The van der Waals surface area contributed by atoms with Gasteiger partial charge in [-0.15, -0.1) is 0 Å². The molecule has 2 aromatic carbocycles. The molecule has 0 aromatic heterocycles. The first kappa shape index (κ1) is 41.2. The monoisotopic (exact) mass is 869 g/mol. The van der Waals surface area contributed by atoms with E-state index in [4.69, 9.17) is 18.9 Å². The summed E-state index contributed by atoms with van der Waals surface area (Å²) in [5.41, 5.74) is 5.70. The zero-order chi connectivity index (χ0) is 44.4. The van der Waals surface area contributed by atoms with Gasteiger partial charge in [0.25, 0.3) is 0 Å². The summed E-state index contributed by atoms with van der Waals surface area (Å²) in [6, 6.07) is 10.1. The molecule has 4 aliphatic heterocycles. The second-order valence-corrected chi connectivity index (χ2v) is 24.6. The number of ketones is 1. The first-order chi connectivity index (χ1) is 30.5. The topological polar surface area (TPSA) is 80.7 Å². The van der Waals surface area contributed by atoms with Crippen molar-refractivity contribution >= 4 is 5.78 Å². The number of ether oxygens (including phenoxy) is 4. The molecule has 4 spiro atoms. The quantitative estimate of drug-likeness (QED) is 0.266. The van der Waals surface area contributed by atoms with E-state index in [9.17, 15) is 9.90 Å². The van der Waals surface area contributed by atoms with Gasteiger partial charge in [0, 0.05) is 67.3 Å². The number of rotatable bonds is 8. The molecule has 13 atom stereocenters. The number of piperidine rings is 2. The van der Waals surface area contributed by atoms with Gasteiger partial charge in [0.1, 0.15) is 40.7 Å². The molecule has 1 N–H and O–H groups in total. The number of carbonyl (C=O) groups is 1. The van der Waals surface area contributed by atoms with Crippen LogP contribution in [0, 0.1) is 53.8 Å². The summed E-state index contributed by atoms with van der Waals surface area (Å²) >= 11 is 0. The van der Waals surface area contributed by atoms with Crippen LogP contribution in [-0.2, 0) is 37.9 Å². The van der Waals surface area contributed by atoms with Crippen LogP contribution in [0.4, 0.5) is 0 Å². The standard InChI is InChI=1S/C30H41NO3.C26H31NO3/c1-18-7-10-20-15-22-28-11-12-30(33-6,21(16-28)27(5,32)26(2,3)4)25-29(28,23(20)24(18)34-25)13-14-31(22)17-19-8-9-19;1-15-4-7-18-12-20-24-8-9-26(29-3,19(13-24)16(2)28)23-25(24,21(18)22(15)30-23)10-11-27(20)14-17-5-6-17/h7,10-12,19,21-22,25,32H,8-9,13-17H2,1-6H3;4,7-9,17,19-20,23H,5-6,10-14H2,1-3H3/t21-,22-,25-,27+,28-,29+,30-;19-,20-,23-,24-,25+,26-/m11/s1. The first-order valence-electron chi connectivity index (χ1n) is 25.3. The second kappa shape index (κ2) is 12.7. The number of Topliss-reactive ketones (excluding diaryl/α,β-unsaturated/α-hetero) is 1. The Bertz CT molecular complexity index is 2440. The molecule has 0 radical (unpaired) electrons. The third-order valence-electron chi connectivity index (χ3n) is 21.3. The molecule has 342 valence electrons. The molecule has 4 heterocycles. The summed E-state index contributed by atoms with van der Waals surface area (Å²) in [4.78, 5) is 18.6. The van der Waals surface area contributed by atoms with Crippen molar-refractivity contribution in [3.05, 3.63) is 82.0 Å². The largest absolute Gasteiger partial charge is 0.485 e. The van der Waals surface area contributed by atoms with E-state index in [1.807, 2.05) is 7.11 Å². The van der Waals surface area contributed by atoms with Gasteiger partial charge in [0.05, 0.1) is 22.3 Å². The number of nitrogens with zero attached hydrogens (tertiary/aromatic N) is 2. The van der Waals surface area contributed by atoms with E-state index >= 15 is 0 Å². The molecular weight excluding hydrogens is 797 g/mol. The van der Waals surface area contributed by atoms with Crippen molar-refractivity contribution < 1.29 is 28.8 Å². The summed E-state index contributed by atoms with van der Waals surface area (Å²) in [5.74, 6) is 4.02. The molecule has 6 fully saturated rings. The summed E-state index contributed by atoms with van der Waals surface area (Å²) in [6.07, 6.45) is 21.2. The van der Waals surface area contributed by atoms with Gasteiger partial charge in [0.2, 0.25) is 0 Å². The van der Waals surface area contributed by atoms with Crippen molar-refractivity contribution in [3.63, 3.8) is 0 Å². The highest BCUT2D eigenvalue weighted by Crippen LogP contribution is 2.77. The van der Waals surface area contributed by atoms with Crippen molar-refractivity contribution in [2.75, 3.05) is 40.4 Å². The van der Waals surface area contributed by atoms with E-state index in [-0.39, 0.29) is 56.9 Å². The van der Waals surface area contributed by atoms with Gasteiger partial charge in [0.15, 0.2) is 0 Å². The van der Waals surface area contributed by atoms with Crippen LogP contribution in [0.2, 0.25) is 0 Å². The Morgan fingerprint density at radius 2 is 1.19 bits per heavy atom. The molecule has 10 aliphatic carbocycles. The lowest BCUT2D eigenvalue weighted by atomic mass is 9.35. The zero-order valence-corrected chi connectivity index (χ0v) is 40.0. The number of aryl methyl sites for hydroxylation is 2. The Balaban J connectivity index is 0.000000130. The summed E-state index contributed by atoms with van der Waals surface area (Å²) < 4.78 is 26.8. The van der Waals surface area contributed by atoms with Crippen LogP contribution < -0.4 is 9.47 Å². The number of fused-ring (bicyclic) bond motifs is 2. The van der Waals surface area contributed by atoms with Crippen LogP contribution in [0.3, 0.4) is 0 Å². The van der Waals surface area contributed by atoms with Crippen molar-refractivity contribution in [1.82, 2.24) is 9.80 Å². The second-order valence-electron chi connectivity index (χ2n) is 24.6. The highest BCUT2D eigenvalue weighted by atomic mass is 16.6. The fourth-order valence-electron chi connectivity index (χ4n) is 17.5. The number of methoxy groups -OCH3 is 2. The molecule has 2 saturated heterocycles. The Morgan fingerprint density at radius 3 is 1.64 bits per heavy atom. The third-order valence-corrected chi connectivity index (χ3v) is 21.3. The van der Waals surface area contributed by atoms with Crippen LogP contribution in [-0.4, -0.2) is 102 Å². The van der Waals surface area contributed by atoms with E-state index in [1.54, 1.807) is 14.0 Å². The molecule has 14 aliphatic rings. The lowest BCUT2D eigenvalue weighted by Crippen LogP contribution is -2.81. The fraction of sp³-hybridized carbons (Fsp3) is 0.696. The molecule has 8 heteroatoms. The normalized spacial score (nSPS) is 44.0. The minimum absolute atomic E-state index is 0.0307. The summed E-state index contributed by atoms with van der Waals surface area (Å²) in [5, 5.41) is 12.2. The molecule has 4 saturated carbocycles. The van der Waals surface area contributed by atoms with Crippen LogP contribution in [0.5, 0.6) is 11.5 Å². The number of carbonyl (C=O) groups excluding carboxylic acids is 1. The van der Waals surface area contributed by atoms with Gasteiger partial charge in [-0.2, -0.15) is 0 Å².